The fourth-order valence-corrected chi connectivity index (χ4v) is 5.96. The van der Waals surface area contributed by atoms with Gasteiger partial charge in [0.2, 0.25) is 5.91 Å². The SMILES string of the molecule is CC1C(C(=O)O)CCN1C(=O)[C@H]1CC[C@@H](NC(=O)OCC2c3ccccc3-c3ccccc32)C1. The number of ether oxygens (including phenoxy) is 1. The number of benzene rings is 2. The van der Waals surface area contributed by atoms with Crippen molar-refractivity contribution in [2.45, 2.75) is 50.6 Å². The van der Waals surface area contributed by atoms with Crippen LogP contribution in [-0.4, -0.2) is 53.2 Å². The Morgan fingerprint density at radius 1 is 1.00 bits per heavy atom. The summed E-state index contributed by atoms with van der Waals surface area (Å²) in [6, 6.07) is 16.0. The Hall–Kier alpha value is -3.35. The Balaban J connectivity index is 1.15. The highest BCUT2D eigenvalue weighted by atomic mass is 16.5. The molecule has 2 fully saturated rings. The van der Waals surface area contributed by atoms with Crippen molar-refractivity contribution in [1.29, 1.82) is 0 Å². The summed E-state index contributed by atoms with van der Waals surface area (Å²) in [6.45, 7) is 2.56. The Labute approximate surface area is 199 Å². The first kappa shape index (κ1) is 22.4. The molecule has 2 amide bonds. The van der Waals surface area contributed by atoms with Gasteiger partial charge >= 0.3 is 12.1 Å². The smallest absolute Gasteiger partial charge is 0.407 e. The van der Waals surface area contributed by atoms with Crippen LogP contribution >= 0.6 is 0 Å². The van der Waals surface area contributed by atoms with Gasteiger partial charge in [0.05, 0.1) is 5.92 Å². The molecule has 2 N–H and O–H groups in total. The van der Waals surface area contributed by atoms with E-state index in [2.05, 4.69) is 29.6 Å². The van der Waals surface area contributed by atoms with Crippen LogP contribution in [0.1, 0.15) is 49.7 Å². The number of rotatable bonds is 5. The number of fused-ring (bicyclic) bond motifs is 3. The zero-order valence-electron chi connectivity index (χ0n) is 19.3. The summed E-state index contributed by atoms with van der Waals surface area (Å²) in [4.78, 5) is 38.6. The topological polar surface area (TPSA) is 95.9 Å². The lowest BCUT2D eigenvalue weighted by Gasteiger charge is -2.26. The standard InChI is InChI=1S/C27H30N2O5/c1-16-19(26(31)32)12-13-29(16)25(30)17-10-11-18(14-17)28-27(33)34-15-24-22-8-4-2-6-20(22)21-7-3-5-9-23(21)24/h2-9,16-19,24H,10-15H2,1H3,(H,28,33)(H,31,32)/t16?,17-,18+,19?/m0/s1. The Bertz CT molecular complexity index is 1070. The van der Waals surface area contributed by atoms with Gasteiger partial charge in [-0.3, -0.25) is 9.59 Å². The summed E-state index contributed by atoms with van der Waals surface area (Å²) in [5.41, 5.74) is 4.71. The average Bonchev–Trinajstić information content (AvgIpc) is 3.53. The minimum absolute atomic E-state index is 0.00749. The normalized spacial score (nSPS) is 25.6. The molecule has 7 heteroatoms. The average molecular weight is 463 g/mol. The van der Waals surface area contributed by atoms with E-state index in [0.29, 0.717) is 32.2 Å². The van der Waals surface area contributed by atoms with Gasteiger partial charge < -0.3 is 20.1 Å². The molecule has 4 atom stereocenters. The van der Waals surface area contributed by atoms with Gasteiger partial charge in [-0.1, -0.05) is 48.5 Å². The van der Waals surface area contributed by atoms with E-state index in [1.54, 1.807) is 4.90 Å². The molecule has 0 aromatic heterocycles. The van der Waals surface area contributed by atoms with Crippen molar-refractivity contribution >= 4 is 18.0 Å². The highest BCUT2D eigenvalue weighted by molar-refractivity contribution is 5.82. The second kappa shape index (κ2) is 9.12. The number of carbonyl (C=O) groups is 3. The van der Waals surface area contributed by atoms with Crippen LogP contribution in [0.5, 0.6) is 0 Å². The number of carboxylic acid groups (broad SMARTS) is 1. The molecule has 7 nitrogen and oxygen atoms in total. The first-order valence-electron chi connectivity index (χ1n) is 12.1. The van der Waals surface area contributed by atoms with Gasteiger partial charge in [-0.25, -0.2) is 4.79 Å². The van der Waals surface area contributed by atoms with Crippen LogP contribution in [0.25, 0.3) is 11.1 Å². The zero-order chi connectivity index (χ0) is 23.8. The number of nitrogens with one attached hydrogen (secondary N) is 1. The van der Waals surface area contributed by atoms with E-state index in [1.165, 1.54) is 22.3 Å². The van der Waals surface area contributed by atoms with E-state index in [-0.39, 0.29) is 36.4 Å². The molecule has 2 aromatic carbocycles. The minimum Gasteiger partial charge on any atom is -0.481 e. The summed E-state index contributed by atoms with van der Waals surface area (Å²) < 4.78 is 5.64. The molecule has 0 spiro atoms. The number of nitrogens with zero attached hydrogens (tertiary/aromatic N) is 1. The number of amides is 2. The maximum atomic E-state index is 13.0. The molecule has 3 aliphatic rings. The van der Waals surface area contributed by atoms with Crippen LogP contribution in [0.3, 0.4) is 0 Å². The van der Waals surface area contributed by atoms with Gasteiger partial charge in [0.1, 0.15) is 6.61 Å². The molecule has 2 aromatic rings. The summed E-state index contributed by atoms with van der Waals surface area (Å²) >= 11 is 0. The molecule has 34 heavy (non-hydrogen) atoms. The third-order valence-corrected chi connectivity index (χ3v) is 7.80. The summed E-state index contributed by atoms with van der Waals surface area (Å²) in [5.74, 6) is -1.51. The molecule has 0 bridgehead atoms. The van der Waals surface area contributed by atoms with Crippen molar-refractivity contribution in [3.63, 3.8) is 0 Å². The lowest BCUT2D eigenvalue weighted by Crippen LogP contribution is -2.41. The molecule has 1 saturated heterocycles. The van der Waals surface area contributed by atoms with Crippen LogP contribution in [0.15, 0.2) is 48.5 Å². The molecule has 5 rings (SSSR count). The lowest BCUT2D eigenvalue weighted by molar-refractivity contribution is -0.143. The first-order chi connectivity index (χ1) is 16.4. The summed E-state index contributed by atoms with van der Waals surface area (Å²) in [5, 5.41) is 12.3. The fraction of sp³-hybridized carbons (Fsp3) is 0.444. The fourth-order valence-electron chi connectivity index (χ4n) is 5.96. The molecular weight excluding hydrogens is 432 g/mol. The zero-order valence-corrected chi connectivity index (χ0v) is 19.3. The van der Waals surface area contributed by atoms with E-state index in [0.717, 1.165) is 0 Å². The predicted molar refractivity (Wildman–Crippen MR) is 126 cm³/mol. The number of carboxylic acids is 1. The highest BCUT2D eigenvalue weighted by Gasteiger charge is 2.42. The van der Waals surface area contributed by atoms with Crippen LogP contribution in [0, 0.1) is 11.8 Å². The van der Waals surface area contributed by atoms with Crippen molar-refractivity contribution in [2.24, 2.45) is 11.8 Å². The molecule has 0 radical (unpaired) electrons. The Morgan fingerprint density at radius 3 is 2.26 bits per heavy atom. The van der Waals surface area contributed by atoms with E-state index >= 15 is 0 Å². The molecule has 1 heterocycles. The third-order valence-electron chi connectivity index (χ3n) is 7.80. The number of alkyl carbamates (subject to hydrolysis) is 1. The van der Waals surface area contributed by atoms with Gasteiger partial charge in [-0.05, 0) is 54.9 Å². The van der Waals surface area contributed by atoms with E-state index in [9.17, 15) is 19.5 Å². The monoisotopic (exact) mass is 462 g/mol. The minimum atomic E-state index is -0.843. The van der Waals surface area contributed by atoms with Crippen LogP contribution in [0.4, 0.5) is 4.79 Å². The number of hydrogen-bond acceptors (Lipinski definition) is 4. The molecule has 178 valence electrons. The maximum absolute atomic E-state index is 13.0. The highest BCUT2D eigenvalue weighted by Crippen LogP contribution is 2.44. The van der Waals surface area contributed by atoms with Crippen LogP contribution in [0.2, 0.25) is 0 Å². The van der Waals surface area contributed by atoms with Crippen molar-refractivity contribution in [3.8, 4) is 11.1 Å². The molecule has 1 saturated carbocycles. The molecular formula is C27H30N2O5. The number of likely N-dealkylation sites (tertiary alicyclic amines) is 1. The van der Waals surface area contributed by atoms with Gasteiger partial charge in [0.25, 0.3) is 0 Å². The second-order valence-corrected chi connectivity index (χ2v) is 9.68. The van der Waals surface area contributed by atoms with E-state index in [1.807, 2.05) is 31.2 Å². The van der Waals surface area contributed by atoms with Crippen LogP contribution < -0.4 is 5.32 Å². The summed E-state index contributed by atoms with van der Waals surface area (Å²) in [7, 11) is 0. The van der Waals surface area contributed by atoms with Crippen molar-refractivity contribution in [3.05, 3.63) is 59.7 Å². The summed E-state index contributed by atoms with van der Waals surface area (Å²) in [6.07, 6.45) is 2.00. The molecule has 2 unspecified atom stereocenters. The van der Waals surface area contributed by atoms with E-state index < -0.39 is 18.0 Å². The number of carbonyl (C=O) groups excluding carboxylic acids is 2. The third kappa shape index (κ3) is 4.04. The lowest BCUT2D eigenvalue weighted by atomic mass is 9.98. The van der Waals surface area contributed by atoms with Gasteiger partial charge in [-0.2, -0.15) is 0 Å². The van der Waals surface area contributed by atoms with Crippen molar-refractivity contribution in [1.82, 2.24) is 10.2 Å². The Morgan fingerprint density at radius 2 is 1.65 bits per heavy atom. The van der Waals surface area contributed by atoms with Gasteiger partial charge in [-0.15, -0.1) is 0 Å². The quantitative estimate of drug-likeness (QED) is 0.700. The van der Waals surface area contributed by atoms with Crippen molar-refractivity contribution in [2.75, 3.05) is 13.2 Å². The maximum Gasteiger partial charge on any atom is 0.407 e. The van der Waals surface area contributed by atoms with Crippen molar-refractivity contribution < 1.29 is 24.2 Å². The van der Waals surface area contributed by atoms with E-state index in [4.69, 9.17) is 4.74 Å². The largest absolute Gasteiger partial charge is 0.481 e. The number of aliphatic carboxylic acids is 1. The molecule has 1 aliphatic heterocycles. The van der Waals surface area contributed by atoms with Gasteiger partial charge in [0.15, 0.2) is 0 Å². The second-order valence-electron chi connectivity index (χ2n) is 9.68. The van der Waals surface area contributed by atoms with Crippen LogP contribution in [-0.2, 0) is 14.3 Å². The first-order valence-corrected chi connectivity index (χ1v) is 12.1. The Kier molecular flexibility index (Phi) is 6.02. The van der Waals surface area contributed by atoms with Gasteiger partial charge in [0, 0.05) is 30.5 Å². The number of hydrogen-bond donors (Lipinski definition) is 2. The predicted octanol–water partition coefficient (Wildman–Crippen LogP) is 4.02. The molecule has 2 aliphatic carbocycles.